The van der Waals surface area contributed by atoms with Gasteiger partial charge in [-0.15, -0.1) is 0 Å². The summed E-state index contributed by atoms with van der Waals surface area (Å²) in [5, 5.41) is 3.04. The molecule has 0 radical (unpaired) electrons. The van der Waals surface area contributed by atoms with Crippen molar-refractivity contribution in [3.05, 3.63) is 68.2 Å². The molecule has 0 aliphatic heterocycles. The average molecular weight is 354 g/mol. The van der Waals surface area contributed by atoms with Gasteiger partial charge in [0.2, 0.25) is 0 Å². The molecule has 112 valence electrons. The van der Waals surface area contributed by atoms with Crippen LogP contribution >= 0.6 is 15.9 Å². The van der Waals surface area contributed by atoms with E-state index < -0.39 is 17.7 Å². The summed E-state index contributed by atoms with van der Waals surface area (Å²) in [7, 11) is 1.71. The molecule has 0 heterocycles. The molecule has 0 aliphatic rings. The molecule has 2 rings (SSSR count). The summed E-state index contributed by atoms with van der Waals surface area (Å²) in [4.78, 5) is 0. The third-order valence-corrected chi connectivity index (χ3v) is 4.30. The molecule has 1 nitrogen and oxygen atoms in total. The fourth-order valence-electron chi connectivity index (χ4n) is 2.89. The molecule has 0 bridgehead atoms. The van der Waals surface area contributed by atoms with Crippen LogP contribution in [0.1, 0.15) is 33.9 Å². The Morgan fingerprint density at radius 1 is 1.00 bits per heavy atom. The van der Waals surface area contributed by atoms with Crippen LogP contribution in [0.2, 0.25) is 0 Å². The molecule has 0 saturated carbocycles. The zero-order valence-electron chi connectivity index (χ0n) is 12.5. The van der Waals surface area contributed by atoms with Crippen molar-refractivity contribution in [2.24, 2.45) is 0 Å². The van der Waals surface area contributed by atoms with E-state index in [1.807, 2.05) is 32.9 Å². The van der Waals surface area contributed by atoms with Gasteiger partial charge in [0.1, 0.15) is 11.6 Å². The van der Waals surface area contributed by atoms with E-state index in [9.17, 15) is 8.78 Å². The lowest BCUT2D eigenvalue weighted by Crippen LogP contribution is -2.22. The molecule has 2 aromatic rings. The Balaban J connectivity index is 2.69. The molecule has 0 aliphatic carbocycles. The summed E-state index contributed by atoms with van der Waals surface area (Å²) in [5.74, 6) is -1.11. The van der Waals surface area contributed by atoms with Crippen LogP contribution in [0, 0.1) is 32.4 Å². The molecule has 1 atom stereocenters. The number of halogens is 3. The number of benzene rings is 2. The highest BCUT2D eigenvalue weighted by atomic mass is 79.9. The molecule has 0 amide bonds. The molecule has 2 aromatic carbocycles. The Kier molecular flexibility index (Phi) is 4.79. The first-order valence-corrected chi connectivity index (χ1v) is 7.54. The van der Waals surface area contributed by atoms with Crippen molar-refractivity contribution in [3.63, 3.8) is 0 Å². The van der Waals surface area contributed by atoms with Crippen molar-refractivity contribution in [2.45, 2.75) is 26.8 Å². The summed E-state index contributed by atoms with van der Waals surface area (Å²) in [5.41, 5.74) is 4.14. The molecule has 1 unspecified atom stereocenters. The van der Waals surface area contributed by atoms with Crippen LogP contribution in [0.3, 0.4) is 0 Å². The lowest BCUT2D eigenvalue weighted by Gasteiger charge is -2.23. The molecule has 4 heteroatoms. The van der Waals surface area contributed by atoms with E-state index in [1.165, 1.54) is 12.1 Å². The Bertz CT molecular complexity index is 660. The van der Waals surface area contributed by atoms with Gasteiger partial charge in [-0.1, -0.05) is 17.7 Å². The average Bonchev–Trinajstić information content (AvgIpc) is 2.40. The Labute approximate surface area is 132 Å². The van der Waals surface area contributed by atoms with Crippen molar-refractivity contribution in [2.75, 3.05) is 7.05 Å². The van der Waals surface area contributed by atoms with E-state index in [-0.39, 0.29) is 10.0 Å². The van der Waals surface area contributed by atoms with E-state index in [0.717, 1.165) is 22.3 Å². The minimum Gasteiger partial charge on any atom is -0.309 e. The maximum atomic E-state index is 14.4. The Morgan fingerprint density at radius 3 is 2.10 bits per heavy atom. The predicted molar refractivity (Wildman–Crippen MR) is 85.6 cm³/mol. The summed E-state index contributed by atoms with van der Waals surface area (Å²) in [6.45, 7) is 5.94. The molecule has 0 aromatic heterocycles. The minimum absolute atomic E-state index is 0.0435. The quantitative estimate of drug-likeness (QED) is 0.768. The van der Waals surface area contributed by atoms with Gasteiger partial charge in [0.15, 0.2) is 0 Å². The second kappa shape index (κ2) is 6.24. The first kappa shape index (κ1) is 16.1. The van der Waals surface area contributed by atoms with Gasteiger partial charge in [0.25, 0.3) is 0 Å². The SMILES string of the molecule is CNC(c1c(C)cc(C)cc1C)c1c(F)ccc(Br)c1F. The van der Waals surface area contributed by atoms with E-state index in [2.05, 4.69) is 21.2 Å². The van der Waals surface area contributed by atoms with Crippen molar-refractivity contribution < 1.29 is 8.78 Å². The lowest BCUT2D eigenvalue weighted by molar-refractivity contribution is 0.517. The number of hydrogen-bond acceptors (Lipinski definition) is 1. The normalized spacial score (nSPS) is 12.5. The van der Waals surface area contributed by atoms with E-state index in [1.54, 1.807) is 7.05 Å². The Hall–Kier alpha value is -1.26. The minimum atomic E-state index is -0.561. The zero-order chi connectivity index (χ0) is 15.7. The van der Waals surface area contributed by atoms with Crippen LogP contribution in [-0.4, -0.2) is 7.05 Å². The smallest absolute Gasteiger partial charge is 0.145 e. The molecule has 1 N–H and O–H groups in total. The van der Waals surface area contributed by atoms with Gasteiger partial charge >= 0.3 is 0 Å². The number of rotatable bonds is 3. The van der Waals surface area contributed by atoms with Crippen LogP contribution in [0.5, 0.6) is 0 Å². The van der Waals surface area contributed by atoms with E-state index >= 15 is 0 Å². The van der Waals surface area contributed by atoms with Crippen molar-refractivity contribution in [1.29, 1.82) is 0 Å². The third kappa shape index (κ3) is 3.01. The second-order valence-electron chi connectivity index (χ2n) is 5.29. The number of hydrogen-bond donors (Lipinski definition) is 1. The summed E-state index contributed by atoms with van der Waals surface area (Å²) >= 11 is 3.13. The van der Waals surface area contributed by atoms with Crippen molar-refractivity contribution in [3.8, 4) is 0 Å². The highest BCUT2D eigenvalue weighted by molar-refractivity contribution is 9.10. The Morgan fingerprint density at radius 2 is 1.57 bits per heavy atom. The topological polar surface area (TPSA) is 12.0 Å². The van der Waals surface area contributed by atoms with Gasteiger partial charge in [0.05, 0.1) is 10.5 Å². The van der Waals surface area contributed by atoms with Crippen LogP contribution < -0.4 is 5.32 Å². The van der Waals surface area contributed by atoms with Crippen molar-refractivity contribution >= 4 is 15.9 Å². The molecular formula is C17H18BrF2N. The summed E-state index contributed by atoms with van der Waals surface area (Å²) in [6.07, 6.45) is 0. The third-order valence-electron chi connectivity index (χ3n) is 3.68. The molecule has 0 spiro atoms. The molecule has 21 heavy (non-hydrogen) atoms. The molecule has 0 fully saturated rings. The van der Waals surface area contributed by atoms with E-state index in [4.69, 9.17) is 0 Å². The summed E-state index contributed by atoms with van der Waals surface area (Å²) in [6, 6.07) is 6.20. The summed E-state index contributed by atoms with van der Waals surface area (Å²) < 4.78 is 28.9. The van der Waals surface area contributed by atoms with Gasteiger partial charge in [-0.2, -0.15) is 0 Å². The fraction of sp³-hybridized carbons (Fsp3) is 0.294. The fourth-order valence-corrected chi connectivity index (χ4v) is 3.23. The lowest BCUT2D eigenvalue weighted by atomic mass is 9.89. The van der Waals surface area contributed by atoms with E-state index in [0.29, 0.717) is 0 Å². The number of aryl methyl sites for hydroxylation is 3. The van der Waals surface area contributed by atoms with Crippen molar-refractivity contribution in [1.82, 2.24) is 5.32 Å². The van der Waals surface area contributed by atoms with Gasteiger partial charge < -0.3 is 5.32 Å². The van der Waals surface area contributed by atoms with Gasteiger partial charge in [0, 0.05) is 5.56 Å². The second-order valence-corrected chi connectivity index (χ2v) is 6.15. The highest BCUT2D eigenvalue weighted by Crippen LogP contribution is 2.34. The van der Waals surface area contributed by atoms with Gasteiger partial charge in [-0.05, 0) is 72.6 Å². The van der Waals surface area contributed by atoms with Crippen LogP contribution in [0.4, 0.5) is 8.78 Å². The monoisotopic (exact) mass is 353 g/mol. The highest BCUT2D eigenvalue weighted by Gasteiger charge is 2.25. The number of nitrogens with one attached hydrogen (secondary N) is 1. The van der Waals surface area contributed by atoms with Crippen LogP contribution in [0.25, 0.3) is 0 Å². The maximum Gasteiger partial charge on any atom is 0.145 e. The van der Waals surface area contributed by atoms with Crippen LogP contribution in [-0.2, 0) is 0 Å². The molecule has 0 saturated heterocycles. The van der Waals surface area contributed by atoms with Gasteiger partial charge in [-0.3, -0.25) is 0 Å². The standard InChI is InChI=1S/C17H18BrF2N/c1-9-7-10(2)14(11(3)8-9)17(21-4)15-13(19)6-5-12(18)16(15)20/h5-8,17,21H,1-4H3. The maximum absolute atomic E-state index is 14.4. The first-order chi connectivity index (χ1) is 9.86. The van der Waals surface area contributed by atoms with Crippen LogP contribution in [0.15, 0.2) is 28.7 Å². The zero-order valence-corrected chi connectivity index (χ0v) is 14.1. The largest absolute Gasteiger partial charge is 0.309 e. The predicted octanol–water partition coefficient (Wildman–Crippen LogP) is 4.96. The van der Waals surface area contributed by atoms with Gasteiger partial charge in [-0.25, -0.2) is 8.78 Å². The first-order valence-electron chi connectivity index (χ1n) is 6.75. The molecular weight excluding hydrogens is 336 g/mol.